The van der Waals surface area contributed by atoms with Gasteiger partial charge in [0.25, 0.3) is 0 Å². The molecule has 0 spiro atoms. The van der Waals surface area contributed by atoms with Gasteiger partial charge in [-0.15, -0.1) is 0 Å². The molecule has 1 saturated carbocycles. The quantitative estimate of drug-likeness (QED) is 0.908. The number of carbonyl (C=O) groups is 1. The molecule has 118 valence electrons. The van der Waals surface area contributed by atoms with Crippen LogP contribution in [0.1, 0.15) is 63.8 Å². The number of alkyl carbamates (subject to hydrolysis) is 1. The van der Waals surface area contributed by atoms with Gasteiger partial charge in [0.1, 0.15) is 5.60 Å². The molecule has 5 nitrogen and oxygen atoms in total. The number of nitrogens with one attached hydrogen (secondary N) is 1. The number of carbonyl (C=O) groups excluding carboxylic acids is 1. The number of rotatable bonds is 2. The minimum absolute atomic E-state index is 0.216. The van der Waals surface area contributed by atoms with Crippen molar-refractivity contribution in [2.24, 2.45) is 0 Å². The predicted octanol–water partition coefficient (Wildman–Crippen LogP) is 3.51. The normalized spacial score (nSPS) is 22.9. The number of hydrogen-bond acceptors (Lipinski definition) is 3. The molecule has 0 aromatic carbocycles. The molecular formula is C16H27N3O2. The third-order valence-electron chi connectivity index (χ3n) is 4.05. The fraction of sp³-hybridized carbons (Fsp3) is 0.750. The summed E-state index contributed by atoms with van der Waals surface area (Å²) in [5.74, 6) is 0. The van der Waals surface area contributed by atoms with Crippen molar-refractivity contribution in [3.8, 4) is 0 Å². The lowest BCUT2D eigenvalue weighted by Crippen LogP contribution is -2.41. The predicted molar refractivity (Wildman–Crippen MR) is 82.4 cm³/mol. The molecule has 0 radical (unpaired) electrons. The van der Waals surface area contributed by atoms with E-state index in [0.717, 1.165) is 25.7 Å². The summed E-state index contributed by atoms with van der Waals surface area (Å²) in [6.07, 6.45) is 5.66. The lowest BCUT2D eigenvalue weighted by atomic mass is 9.91. The zero-order valence-corrected chi connectivity index (χ0v) is 13.8. The summed E-state index contributed by atoms with van der Waals surface area (Å²) >= 11 is 0. The average molecular weight is 293 g/mol. The molecule has 0 atom stereocenters. The highest BCUT2D eigenvalue weighted by molar-refractivity contribution is 5.68. The smallest absolute Gasteiger partial charge is 0.407 e. The van der Waals surface area contributed by atoms with E-state index in [-0.39, 0.29) is 12.1 Å². The van der Waals surface area contributed by atoms with E-state index >= 15 is 0 Å². The molecule has 0 saturated heterocycles. The van der Waals surface area contributed by atoms with Gasteiger partial charge < -0.3 is 10.1 Å². The summed E-state index contributed by atoms with van der Waals surface area (Å²) in [5.41, 5.74) is 2.05. The van der Waals surface area contributed by atoms with Crippen LogP contribution >= 0.6 is 0 Å². The Bertz CT molecular complexity index is 494. The average Bonchev–Trinajstić information content (AvgIpc) is 2.69. The van der Waals surface area contributed by atoms with Gasteiger partial charge in [-0.25, -0.2) is 4.79 Å². The molecule has 1 N–H and O–H groups in total. The fourth-order valence-corrected chi connectivity index (χ4v) is 2.82. The Morgan fingerprint density at radius 3 is 2.38 bits per heavy atom. The molecule has 1 fully saturated rings. The topological polar surface area (TPSA) is 56.2 Å². The standard InChI is InChI=1S/C16H27N3O2/c1-11-10-17-19(12(11)2)14-8-6-13(7-9-14)18-15(20)21-16(3,4)5/h10,13-14H,6-9H2,1-5H3,(H,18,20). The van der Waals surface area contributed by atoms with Gasteiger partial charge in [0.2, 0.25) is 0 Å². The second kappa shape index (κ2) is 6.08. The Hall–Kier alpha value is -1.52. The van der Waals surface area contributed by atoms with Gasteiger partial charge in [0.15, 0.2) is 0 Å². The molecule has 1 aliphatic carbocycles. The van der Waals surface area contributed by atoms with E-state index in [2.05, 4.69) is 28.9 Å². The summed E-state index contributed by atoms with van der Waals surface area (Å²) in [6, 6.07) is 0.670. The van der Waals surface area contributed by atoms with Gasteiger partial charge in [-0.2, -0.15) is 5.10 Å². The Labute approximate surface area is 127 Å². The highest BCUT2D eigenvalue weighted by atomic mass is 16.6. The van der Waals surface area contributed by atoms with Crippen molar-refractivity contribution in [1.82, 2.24) is 15.1 Å². The third-order valence-corrected chi connectivity index (χ3v) is 4.05. The van der Waals surface area contributed by atoms with E-state index in [4.69, 9.17) is 4.74 Å². The molecule has 1 aromatic heterocycles. The largest absolute Gasteiger partial charge is 0.444 e. The first-order chi connectivity index (χ1) is 9.76. The second-order valence-electron chi connectivity index (χ2n) is 7.01. The Balaban J connectivity index is 1.83. The van der Waals surface area contributed by atoms with E-state index in [9.17, 15) is 4.79 Å². The van der Waals surface area contributed by atoms with Crippen molar-refractivity contribution in [1.29, 1.82) is 0 Å². The molecule has 2 rings (SSSR count). The van der Waals surface area contributed by atoms with Gasteiger partial charge in [0.05, 0.1) is 12.2 Å². The zero-order chi connectivity index (χ0) is 15.6. The van der Waals surface area contributed by atoms with Crippen molar-refractivity contribution in [2.45, 2.75) is 78.0 Å². The molecule has 1 aromatic rings. The van der Waals surface area contributed by atoms with Crippen LogP contribution in [0.2, 0.25) is 0 Å². The van der Waals surface area contributed by atoms with Crippen molar-refractivity contribution in [2.75, 3.05) is 0 Å². The monoisotopic (exact) mass is 293 g/mol. The lowest BCUT2D eigenvalue weighted by Gasteiger charge is -2.30. The third kappa shape index (κ3) is 4.22. The molecule has 1 heterocycles. The van der Waals surface area contributed by atoms with Crippen LogP contribution in [-0.2, 0) is 4.74 Å². The first-order valence-corrected chi connectivity index (χ1v) is 7.76. The van der Waals surface area contributed by atoms with Gasteiger partial charge in [0, 0.05) is 11.7 Å². The molecule has 0 aliphatic heterocycles. The van der Waals surface area contributed by atoms with Crippen LogP contribution < -0.4 is 5.32 Å². The molecular weight excluding hydrogens is 266 g/mol. The van der Waals surface area contributed by atoms with Crippen molar-refractivity contribution in [3.05, 3.63) is 17.5 Å². The van der Waals surface area contributed by atoms with Crippen LogP contribution in [0.5, 0.6) is 0 Å². The Morgan fingerprint density at radius 1 is 1.29 bits per heavy atom. The van der Waals surface area contributed by atoms with Gasteiger partial charge in [-0.3, -0.25) is 4.68 Å². The summed E-state index contributed by atoms with van der Waals surface area (Å²) in [6.45, 7) is 9.85. The molecule has 0 unspecified atom stereocenters. The summed E-state index contributed by atoms with van der Waals surface area (Å²) < 4.78 is 7.44. The van der Waals surface area contributed by atoms with Crippen LogP contribution in [0.4, 0.5) is 4.79 Å². The van der Waals surface area contributed by atoms with Gasteiger partial charge in [-0.05, 0) is 65.9 Å². The highest BCUT2D eigenvalue weighted by Gasteiger charge is 2.26. The van der Waals surface area contributed by atoms with Crippen molar-refractivity contribution < 1.29 is 9.53 Å². The molecule has 1 amide bonds. The second-order valence-corrected chi connectivity index (χ2v) is 7.01. The van der Waals surface area contributed by atoms with Crippen LogP contribution in [0.25, 0.3) is 0 Å². The molecule has 1 aliphatic rings. The SMILES string of the molecule is Cc1cnn(C2CCC(NC(=O)OC(C)(C)C)CC2)c1C. The number of nitrogens with zero attached hydrogens (tertiary/aromatic N) is 2. The lowest BCUT2D eigenvalue weighted by molar-refractivity contribution is 0.0487. The first kappa shape index (κ1) is 15.9. The van der Waals surface area contributed by atoms with Crippen LogP contribution in [0, 0.1) is 13.8 Å². The summed E-state index contributed by atoms with van der Waals surface area (Å²) in [4.78, 5) is 11.8. The number of ether oxygens (including phenoxy) is 1. The van der Waals surface area contributed by atoms with E-state index in [1.807, 2.05) is 27.0 Å². The van der Waals surface area contributed by atoms with E-state index in [0.29, 0.717) is 6.04 Å². The fourth-order valence-electron chi connectivity index (χ4n) is 2.82. The maximum Gasteiger partial charge on any atom is 0.407 e. The Morgan fingerprint density at radius 2 is 1.90 bits per heavy atom. The van der Waals surface area contributed by atoms with Gasteiger partial charge in [-0.1, -0.05) is 0 Å². The minimum Gasteiger partial charge on any atom is -0.444 e. The molecule has 5 heteroatoms. The van der Waals surface area contributed by atoms with Gasteiger partial charge >= 0.3 is 6.09 Å². The van der Waals surface area contributed by atoms with Crippen molar-refractivity contribution in [3.63, 3.8) is 0 Å². The van der Waals surface area contributed by atoms with E-state index in [1.54, 1.807) is 0 Å². The minimum atomic E-state index is -0.439. The number of hydrogen-bond donors (Lipinski definition) is 1. The number of aryl methyl sites for hydroxylation is 1. The zero-order valence-electron chi connectivity index (χ0n) is 13.8. The van der Waals surface area contributed by atoms with E-state index in [1.165, 1.54) is 11.3 Å². The highest BCUT2D eigenvalue weighted by Crippen LogP contribution is 2.29. The number of amides is 1. The Kier molecular flexibility index (Phi) is 4.59. The summed E-state index contributed by atoms with van der Waals surface area (Å²) in [7, 11) is 0. The van der Waals surface area contributed by atoms with Crippen LogP contribution in [-0.4, -0.2) is 27.5 Å². The molecule has 21 heavy (non-hydrogen) atoms. The van der Waals surface area contributed by atoms with E-state index < -0.39 is 5.60 Å². The molecule has 0 bridgehead atoms. The van der Waals surface area contributed by atoms with Crippen LogP contribution in [0.3, 0.4) is 0 Å². The summed E-state index contributed by atoms with van der Waals surface area (Å²) in [5, 5.41) is 7.45. The maximum absolute atomic E-state index is 11.8. The van der Waals surface area contributed by atoms with Crippen molar-refractivity contribution >= 4 is 6.09 Å². The first-order valence-electron chi connectivity index (χ1n) is 7.76. The number of aromatic nitrogens is 2. The van der Waals surface area contributed by atoms with Crippen LogP contribution in [0.15, 0.2) is 6.20 Å². The maximum atomic E-state index is 11.8.